The number of ether oxygens (including phenoxy) is 3. The van der Waals surface area contributed by atoms with Crippen molar-refractivity contribution in [1.29, 1.82) is 0 Å². The molecule has 0 saturated carbocycles. The van der Waals surface area contributed by atoms with E-state index in [4.69, 9.17) is 23.3 Å². The van der Waals surface area contributed by atoms with Gasteiger partial charge in [-0.25, -0.2) is 4.57 Å². The minimum atomic E-state index is -4.77. The molecule has 0 fully saturated rings. The highest BCUT2D eigenvalue weighted by atomic mass is 31.2. The molecule has 0 aliphatic heterocycles. The number of aliphatic hydroxyl groups is 1. The minimum absolute atomic E-state index is 0.0500. The van der Waals surface area contributed by atoms with Crippen LogP contribution in [0.15, 0.2) is 97.2 Å². The minimum Gasteiger partial charge on any atom is -0.462 e. The highest BCUT2D eigenvalue weighted by molar-refractivity contribution is 7.47. The summed E-state index contributed by atoms with van der Waals surface area (Å²) in [5.41, 5.74) is 0. The summed E-state index contributed by atoms with van der Waals surface area (Å²) < 4.78 is 39.3. The average molecular weight is 1000 g/mol. The lowest BCUT2D eigenvalue weighted by Gasteiger charge is -2.21. The second-order valence-electron chi connectivity index (χ2n) is 17.6. The molecule has 0 amide bonds. The summed E-state index contributed by atoms with van der Waals surface area (Å²) in [5, 5.41) is 9.77. The van der Waals surface area contributed by atoms with Gasteiger partial charge in [0, 0.05) is 19.3 Å². The molecule has 3 atom stereocenters. The number of hydrogen-bond acceptors (Lipinski definition) is 10. The fraction of sp³-hybridized carbons (Fsp3) is 0.672. The van der Waals surface area contributed by atoms with Crippen LogP contribution in [0.4, 0.5) is 0 Å². The molecule has 0 bridgehead atoms. The van der Waals surface area contributed by atoms with Gasteiger partial charge in [-0.1, -0.05) is 189 Å². The summed E-state index contributed by atoms with van der Waals surface area (Å²) >= 11 is 0. The van der Waals surface area contributed by atoms with E-state index < -0.39 is 57.8 Å². The second-order valence-corrected chi connectivity index (χ2v) is 19.1. The number of phosphoric acid groups is 1. The Morgan fingerprint density at radius 3 is 1.26 bits per heavy atom. The molecule has 0 aromatic heterocycles. The van der Waals surface area contributed by atoms with Crippen molar-refractivity contribution in [3.63, 3.8) is 0 Å². The van der Waals surface area contributed by atoms with E-state index in [0.29, 0.717) is 19.3 Å². The number of esters is 3. The van der Waals surface area contributed by atoms with Gasteiger partial charge in [0.15, 0.2) is 6.10 Å². The predicted molar refractivity (Wildman–Crippen MR) is 288 cm³/mol. The Morgan fingerprint density at radius 1 is 0.414 bits per heavy atom. The van der Waals surface area contributed by atoms with Crippen molar-refractivity contribution in [2.45, 2.75) is 226 Å². The van der Waals surface area contributed by atoms with Crippen LogP contribution in [0, 0.1) is 0 Å². The number of carbonyl (C=O) groups excluding carboxylic acids is 3. The van der Waals surface area contributed by atoms with Crippen LogP contribution in [0.2, 0.25) is 0 Å². The molecule has 0 aliphatic rings. The number of phosphoric ester groups is 1. The molecule has 400 valence electrons. The van der Waals surface area contributed by atoms with Crippen molar-refractivity contribution >= 4 is 25.7 Å². The zero-order chi connectivity index (χ0) is 51.3. The summed E-state index contributed by atoms with van der Waals surface area (Å²) in [6.07, 6.45) is 59.7. The normalized spacial score (nSPS) is 14.2. The van der Waals surface area contributed by atoms with Crippen LogP contribution in [-0.4, -0.2) is 66.5 Å². The standard InChI is InChI=1S/C58H97O11P/c1-4-7-10-13-16-19-22-25-26-27-28-31-34-37-40-43-46-49-58(62)69-55(51-65-56(60)47-44-41-38-35-32-29-23-20-17-14-11-8-5-2)53-67-70(63,64)66-52-54(50-59)68-57(61)48-45-42-39-36-33-30-24-21-18-15-12-9-6-3/h8-9,11-12,17-18,20-21,25-26,29-30,32-33,39,42,54-55,59H,4-7,10,13-16,19,22-24,27-28,31,34-38,40-41,43-53H2,1-3H3,(H,63,64)/b11-8-,12-9-,20-17-,21-18-,26-25-,32-29-,33-30-,42-39-. The molecule has 0 aromatic rings. The zero-order valence-electron chi connectivity index (χ0n) is 43.9. The molecule has 70 heavy (non-hydrogen) atoms. The number of allylic oxidation sites excluding steroid dienone is 16. The SMILES string of the molecule is CC/C=C\C/C=C\C/C=C\C/C=C\CCC(=O)OC(CO)COP(=O)(O)OCC(COC(=O)CCCCC/C=C\C/C=C\C/C=C\CC)OC(=O)CCCCCCCCC/C=C\CCCCCCCC. The zero-order valence-corrected chi connectivity index (χ0v) is 44.8. The number of aliphatic hydroxyl groups excluding tert-OH is 1. The maximum Gasteiger partial charge on any atom is 0.472 e. The topological polar surface area (TPSA) is 155 Å². The molecular formula is C58H97O11P. The van der Waals surface area contributed by atoms with Crippen LogP contribution in [0.3, 0.4) is 0 Å². The van der Waals surface area contributed by atoms with Gasteiger partial charge < -0.3 is 24.2 Å². The van der Waals surface area contributed by atoms with Gasteiger partial charge >= 0.3 is 25.7 Å². The molecule has 0 radical (unpaired) electrons. The lowest BCUT2D eigenvalue weighted by atomic mass is 10.1. The third-order valence-electron chi connectivity index (χ3n) is 11.0. The maximum atomic E-state index is 12.9. The Hall–Kier alpha value is -3.60. The fourth-order valence-electron chi connectivity index (χ4n) is 6.91. The van der Waals surface area contributed by atoms with E-state index in [-0.39, 0.29) is 25.9 Å². The summed E-state index contributed by atoms with van der Waals surface area (Å²) in [6, 6.07) is 0. The van der Waals surface area contributed by atoms with Crippen molar-refractivity contribution in [2.75, 3.05) is 26.4 Å². The summed E-state index contributed by atoms with van der Waals surface area (Å²) in [5.74, 6) is -1.60. The predicted octanol–water partition coefficient (Wildman–Crippen LogP) is 15.7. The molecule has 0 rings (SSSR count). The van der Waals surface area contributed by atoms with E-state index in [2.05, 4.69) is 99.8 Å². The van der Waals surface area contributed by atoms with Gasteiger partial charge in [0.2, 0.25) is 0 Å². The van der Waals surface area contributed by atoms with Crippen LogP contribution in [0.5, 0.6) is 0 Å². The number of unbranched alkanes of at least 4 members (excludes halogenated alkanes) is 16. The van der Waals surface area contributed by atoms with E-state index in [9.17, 15) is 28.9 Å². The van der Waals surface area contributed by atoms with Crippen molar-refractivity contribution in [3.05, 3.63) is 97.2 Å². The molecule has 12 heteroatoms. The van der Waals surface area contributed by atoms with E-state index in [1.165, 1.54) is 57.8 Å². The van der Waals surface area contributed by atoms with Gasteiger partial charge in [0.05, 0.1) is 19.8 Å². The molecule has 0 aliphatic carbocycles. The monoisotopic (exact) mass is 1000 g/mol. The van der Waals surface area contributed by atoms with Crippen LogP contribution in [0.1, 0.15) is 213 Å². The first kappa shape index (κ1) is 66.4. The highest BCUT2D eigenvalue weighted by Crippen LogP contribution is 2.43. The Bertz CT molecular complexity index is 1540. The van der Waals surface area contributed by atoms with Crippen molar-refractivity contribution < 1.29 is 52.2 Å². The van der Waals surface area contributed by atoms with Crippen molar-refractivity contribution in [1.82, 2.24) is 0 Å². The van der Waals surface area contributed by atoms with Gasteiger partial charge in [-0.05, 0) is 103 Å². The first-order valence-electron chi connectivity index (χ1n) is 27.1. The van der Waals surface area contributed by atoms with E-state index >= 15 is 0 Å². The molecule has 0 heterocycles. The average Bonchev–Trinajstić information content (AvgIpc) is 3.35. The lowest BCUT2D eigenvalue weighted by molar-refractivity contribution is -0.161. The molecule has 0 aromatic carbocycles. The quantitative estimate of drug-likeness (QED) is 0.0197. The Kier molecular flexibility index (Phi) is 49.1. The highest BCUT2D eigenvalue weighted by Gasteiger charge is 2.28. The van der Waals surface area contributed by atoms with Gasteiger partial charge in [-0.15, -0.1) is 0 Å². The molecule has 0 spiro atoms. The van der Waals surface area contributed by atoms with E-state index in [0.717, 1.165) is 96.3 Å². The van der Waals surface area contributed by atoms with E-state index in [1.807, 2.05) is 18.2 Å². The van der Waals surface area contributed by atoms with Crippen LogP contribution >= 0.6 is 7.82 Å². The smallest absolute Gasteiger partial charge is 0.462 e. The van der Waals surface area contributed by atoms with Gasteiger partial charge in [0.25, 0.3) is 0 Å². The van der Waals surface area contributed by atoms with Crippen LogP contribution < -0.4 is 0 Å². The van der Waals surface area contributed by atoms with Gasteiger partial charge in [-0.2, -0.15) is 0 Å². The first-order chi connectivity index (χ1) is 34.2. The van der Waals surface area contributed by atoms with Crippen molar-refractivity contribution in [3.8, 4) is 0 Å². The first-order valence-corrected chi connectivity index (χ1v) is 28.6. The second kappa shape index (κ2) is 51.7. The van der Waals surface area contributed by atoms with Crippen LogP contribution in [0.25, 0.3) is 0 Å². The lowest BCUT2D eigenvalue weighted by Crippen LogP contribution is -2.30. The van der Waals surface area contributed by atoms with Crippen LogP contribution in [-0.2, 0) is 42.2 Å². The van der Waals surface area contributed by atoms with E-state index in [1.54, 1.807) is 0 Å². The van der Waals surface area contributed by atoms with Crippen molar-refractivity contribution in [2.24, 2.45) is 0 Å². The molecule has 11 nitrogen and oxygen atoms in total. The Balaban J connectivity index is 4.84. The third kappa shape index (κ3) is 49.4. The summed E-state index contributed by atoms with van der Waals surface area (Å²) in [7, 11) is -4.77. The number of carbonyl (C=O) groups is 3. The maximum absolute atomic E-state index is 12.9. The molecule has 2 N–H and O–H groups in total. The number of rotatable bonds is 49. The molecule has 0 saturated heterocycles. The largest absolute Gasteiger partial charge is 0.472 e. The number of hydrogen-bond donors (Lipinski definition) is 2. The van der Waals surface area contributed by atoms with Gasteiger partial charge in [-0.3, -0.25) is 23.4 Å². The Labute approximate surface area is 425 Å². The summed E-state index contributed by atoms with van der Waals surface area (Å²) in [4.78, 5) is 48.3. The third-order valence-corrected chi connectivity index (χ3v) is 11.9. The molecule has 3 unspecified atom stereocenters. The summed E-state index contributed by atoms with van der Waals surface area (Å²) in [6.45, 7) is 4.27. The Morgan fingerprint density at radius 2 is 0.771 bits per heavy atom. The molecular weight excluding hydrogens is 904 g/mol. The fourth-order valence-corrected chi connectivity index (χ4v) is 7.69. The van der Waals surface area contributed by atoms with Gasteiger partial charge in [0.1, 0.15) is 12.7 Å².